The molecule has 5 aliphatic heterocycles. The minimum absolute atomic E-state index is 0.0109. The molecule has 2 bridgehead atoms. The van der Waals surface area contributed by atoms with Crippen molar-refractivity contribution in [3.05, 3.63) is 47.6 Å². The lowest BCUT2D eigenvalue weighted by Crippen LogP contribution is -2.61. The van der Waals surface area contributed by atoms with E-state index in [0.717, 1.165) is 24.2 Å². The van der Waals surface area contributed by atoms with E-state index >= 15 is 0 Å². The van der Waals surface area contributed by atoms with E-state index in [4.69, 9.17) is 28.4 Å². The maximum Gasteiger partial charge on any atom is 0.329 e. The highest BCUT2D eigenvalue weighted by molar-refractivity contribution is 8.00. The number of carbonyl (C=O) groups excluding carboxylic acids is 8. The van der Waals surface area contributed by atoms with Gasteiger partial charge >= 0.3 is 18.0 Å². The first kappa shape index (κ1) is 68.3. The van der Waals surface area contributed by atoms with Crippen LogP contribution in [0.3, 0.4) is 0 Å². The average Bonchev–Trinajstić information content (AvgIpc) is 3.94. The number of aliphatic hydroxyl groups excluding tert-OH is 1. The molecule has 0 aromatic carbocycles. The number of hydrogen-bond donors (Lipinski definition) is 5. The van der Waals surface area contributed by atoms with Gasteiger partial charge in [0, 0.05) is 75.9 Å². The quantitative estimate of drug-likeness (QED) is 0.0404. The fourth-order valence-corrected chi connectivity index (χ4v) is 14.5. The lowest BCUT2D eigenvalue weighted by atomic mass is 9.78. The van der Waals surface area contributed by atoms with Crippen molar-refractivity contribution in [2.45, 2.75) is 223 Å². The van der Waals surface area contributed by atoms with Gasteiger partial charge in [-0.2, -0.15) is 11.8 Å². The van der Waals surface area contributed by atoms with Gasteiger partial charge in [0.05, 0.1) is 30.4 Å². The summed E-state index contributed by atoms with van der Waals surface area (Å²) in [6.45, 7) is 12.3. The van der Waals surface area contributed by atoms with Gasteiger partial charge in [-0.1, -0.05) is 77.5 Å². The molecule has 0 unspecified atom stereocenters. The molecule has 6 aliphatic rings. The molecule has 5 heterocycles. The van der Waals surface area contributed by atoms with E-state index in [2.05, 4.69) is 16.0 Å². The van der Waals surface area contributed by atoms with Crippen molar-refractivity contribution >= 4 is 58.9 Å². The van der Waals surface area contributed by atoms with Crippen molar-refractivity contribution in [2.24, 2.45) is 35.5 Å². The number of ketones is 3. The molecule has 0 aromatic rings. The minimum atomic E-state index is -2.47. The fraction of sp³-hybridized carbons (Fsp3) is 0.746. The van der Waals surface area contributed by atoms with Crippen LogP contribution in [0.1, 0.15) is 151 Å². The minimum Gasteiger partial charge on any atom is -0.460 e. The molecule has 4 amide bonds. The van der Waals surface area contributed by atoms with Crippen molar-refractivity contribution in [3.8, 4) is 0 Å². The molecule has 4 saturated heterocycles. The average molecular weight is 1200 g/mol. The molecule has 6 rings (SSSR count). The summed E-state index contributed by atoms with van der Waals surface area (Å²) in [6.07, 6.45) is 12.5. The van der Waals surface area contributed by atoms with Crippen LogP contribution in [0.5, 0.6) is 0 Å². The van der Waals surface area contributed by atoms with E-state index < -0.39 is 102 Å². The molecule has 18 atom stereocenters. The number of allylic oxidation sites excluding steroid dienone is 6. The van der Waals surface area contributed by atoms with Gasteiger partial charge in [0.1, 0.15) is 42.8 Å². The van der Waals surface area contributed by atoms with E-state index in [1.165, 1.54) is 19.1 Å². The Balaban J connectivity index is 1.16. The molecular formula is C63H96N4O16S. The van der Waals surface area contributed by atoms with Crippen LogP contribution < -0.4 is 16.0 Å². The van der Waals surface area contributed by atoms with Crippen LogP contribution in [-0.4, -0.2) is 174 Å². The number of fused-ring (bicyclic) bond motifs is 4. The number of aliphatic hydroxyl groups is 2. The summed E-state index contributed by atoms with van der Waals surface area (Å²) in [5.74, 6) is -8.59. The SMILES string of the molecule is CO[C@H]1C[C@@H]2CC[C@@H](C)[C@@](O)(O2)C(=O)C(=O)N2CCCC[C@H]2C(=O)O[C@H]([C@H](C)C[C@@H]2CC[C@@H](OC(=O)CNC(=O)CCCC[C@@H]3SC[C@@H]4NC(=O)N[C@@H]43)[C@H](OC)C2)CC(=O)[C@H](C)/C=C(/C)[C@@H](O)[C@@H](OC)C(=O)[C@H](C)C[C@H](C)\C=C/C=C\C=C/1C. The van der Waals surface area contributed by atoms with Crippen molar-refractivity contribution in [2.75, 3.05) is 40.2 Å². The number of hydrogen-bond acceptors (Lipinski definition) is 17. The first-order valence-electron chi connectivity index (χ1n) is 30.6. The molecule has 5 N–H and O–H groups in total. The van der Waals surface area contributed by atoms with Crippen LogP contribution >= 0.6 is 11.8 Å². The normalized spacial score (nSPS) is 37.9. The number of Topliss-reactive ketones (excluding diaryl/α,β-unsaturated/α-hetero) is 3. The predicted molar refractivity (Wildman–Crippen MR) is 316 cm³/mol. The van der Waals surface area contributed by atoms with Crippen LogP contribution in [-0.2, 0) is 62.0 Å². The third-order valence-electron chi connectivity index (χ3n) is 18.2. The Morgan fingerprint density at radius 1 is 0.881 bits per heavy atom. The first-order chi connectivity index (χ1) is 40.0. The van der Waals surface area contributed by atoms with Gasteiger partial charge in [-0.3, -0.25) is 28.8 Å². The number of urea groups is 1. The zero-order valence-electron chi connectivity index (χ0n) is 51.2. The summed E-state index contributed by atoms with van der Waals surface area (Å²) in [6, 6.07) is -1.10. The van der Waals surface area contributed by atoms with Crippen molar-refractivity contribution < 1.29 is 77.0 Å². The van der Waals surface area contributed by atoms with Crippen LogP contribution in [0.2, 0.25) is 0 Å². The Labute approximate surface area is 501 Å². The lowest BCUT2D eigenvalue weighted by Gasteiger charge is -2.42. The monoisotopic (exact) mass is 1200 g/mol. The van der Waals surface area contributed by atoms with Gasteiger partial charge in [-0.15, -0.1) is 0 Å². The number of thioether (sulfide) groups is 1. The molecular weight excluding hydrogens is 1100 g/mol. The number of carbonyl (C=O) groups is 8. The van der Waals surface area contributed by atoms with Gasteiger partial charge in [0.15, 0.2) is 5.78 Å². The summed E-state index contributed by atoms with van der Waals surface area (Å²) in [5.41, 5.74) is 1.21. The number of ether oxygens (including phenoxy) is 6. The number of esters is 2. The number of piperidine rings is 1. The highest BCUT2D eigenvalue weighted by Crippen LogP contribution is 2.39. The summed E-state index contributed by atoms with van der Waals surface area (Å²) in [4.78, 5) is 110. The smallest absolute Gasteiger partial charge is 0.329 e. The zero-order chi connectivity index (χ0) is 61.4. The maximum absolute atomic E-state index is 14.7. The van der Waals surface area contributed by atoms with Crippen molar-refractivity contribution in [3.63, 3.8) is 0 Å². The molecule has 0 aromatic heterocycles. The zero-order valence-corrected chi connectivity index (χ0v) is 52.0. The summed E-state index contributed by atoms with van der Waals surface area (Å²) < 4.78 is 35.8. The van der Waals surface area contributed by atoms with E-state index in [9.17, 15) is 48.6 Å². The number of rotatable bonds is 14. The molecule has 21 heteroatoms. The Morgan fingerprint density at radius 2 is 1.64 bits per heavy atom. The highest BCUT2D eigenvalue weighted by Gasteiger charge is 2.53. The van der Waals surface area contributed by atoms with Crippen molar-refractivity contribution in [1.29, 1.82) is 0 Å². The van der Waals surface area contributed by atoms with Gasteiger partial charge in [-0.25, -0.2) is 9.59 Å². The van der Waals surface area contributed by atoms with Gasteiger partial charge < -0.3 is 59.5 Å². The lowest BCUT2D eigenvalue weighted by molar-refractivity contribution is -0.265. The topological polar surface area (TPSA) is 272 Å². The van der Waals surface area contributed by atoms with E-state index in [1.807, 2.05) is 62.9 Å². The van der Waals surface area contributed by atoms with Gasteiger partial charge in [0.2, 0.25) is 11.7 Å². The number of unbranched alkanes of at least 4 members (excludes halogenated alkanes) is 1. The van der Waals surface area contributed by atoms with Gasteiger partial charge in [-0.05, 0) is 120 Å². The standard InChI is InChI=1S/C63H96N4O16S/c1-36-18-12-11-13-19-37(2)49(78-8)32-44-25-23-42(7)63(77,83-44)59(73)60(74)67-27-17-16-20-46(67)61(75)82-50(33-47(68)38(3)29-41(6)57(72)58(80-10)56(71)40(5)28-36)39(4)30-43-24-26-48(51(31-43)79-9)81-54(70)34-64-53(69)22-15-14-21-52-55-45(35-84-52)65-62(76)66-55/h11-13,18-19,29,36,38-40,42-46,48-52,55,57-58,72,77H,14-17,20-28,30-35H2,1-10H3,(H,64,69)(H2,65,66,76)/b13-11-,18-12-,37-19-,41-29-/t36-,38-,39-,40-,42-,43+,44+,45+,46+,48-,49+,50+,51-,52+,55+,57-,58+,63-/m1/s1. The summed E-state index contributed by atoms with van der Waals surface area (Å²) in [5, 5.41) is 32.5. The third-order valence-corrected chi connectivity index (χ3v) is 19.8. The fourth-order valence-electron chi connectivity index (χ4n) is 13.0. The number of nitrogens with one attached hydrogen (secondary N) is 3. The second-order valence-corrected chi connectivity index (χ2v) is 26.0. The summed E-state index contributed by atoms with van der Waals surface area (Å²) in [7, 11) is 4.47. The first-order valence-corrected chi connectivity index (χ1v) is 31.7. The predicted octanol–water partition coefficient (Wildman–Crippen LogP) is 6.57. The third kappa shape index (κ3) is 18.4. The molecule has 470 valence electrons. The Bertz CT molecular complexity index is 2430. The van der Waals surface area contributed by atoms with E-state index in [0.29, 0.717) is 75.0 Å². The summed E-state index contributed by atoms with van der Waals surface area (Å²) >= 11 is 1.82. The molecule has 0 spiro atoms. The highest BCUT2D eigenvalue weighted by atomic mass is 32.2. The maximum atomic E-state index is 14.7. The van der Waals surface area contributed by atoms with Crippen LogP contribution in [0.4, 0.5) is 4.79 Å². The molecule has 1 saturated carbocycles. The Hall–Kier alpha value is -4.77. The number of cyclic esters (lactones) is 1. The van der Waals surface area contributed by atoms with Crippen LogP contribution in [0.25, 0.3) is 0 Å². The Morgan fingerprint density at radius 3 is 2.37 bits per heavy atom. The van der Waals surface area contributed by atoms with E-state index in [1.54, 1.807) is 40.9 Å². The van der Waals surface area contributed by atoms with Crippen LogP contribution in [0, 0.1) is 35.5 Å². The van der Waals surface area contributed by atoms with Gasteiger partial charge in [0.25, 0.3) is 11.7 Å². The number of amides is 4. The van der Waals surface area contributed by atoms with Crippen LogP contribution in [0.15, 0.2) is 47.6 Å². The Kier molecular flexibility index (Phi) is 26.3. The molecule has 20 nitrogen and oxygen atoms in total. The molecule has 5 fully saturated rings. The molecule has 0 radical (unpaired) electrons. The van der Waals surface area contributed by atoms with Crippen molar-refractivity contribution in [1.82, 2.24) is 20.9 Å². The molecule has 1 aliphatic carbocycles. The number of methoxy groups -OCH3 is 3. The second-order valence-electron chi connectivity index (χ2n) is 24.7. The second kappa shape index (κ2) is 32.3. The van der Waals surface area contributed by atoms with E-state index in [-0.39, 0.29) is 86.2 Å². The largest absolute Gasteiger partial charge is 0.460 e. The molecule has 84 heavy (non-hydrogen) atoms. The number of nitrogens with zero attached hydrogens (tertiary/aromatic N) is 1.